The largest absolute Gasteiger partial charge is 0.493 e. The van der Waals surface area contributed by atoms with E-state index in [4.69, 9.17) is 38.4 Å². The Morgan fingerprint density at radius 2 is 2.03 bits per heavy atom. The van der Waals surface area contributed by atoms with Crippen LogP contribution in [-0.2, 0) is 13.2 Å². The predicted octanol–water partition coefficient (Wildman–Crippen LogP) is 3.20. The summed E-state index contributed by atoms with van der Waals surface area (Å²) >= 11 is 12.4. The number of aromatic nitrogens is 2. The third-order valence-electron chi connectivity index (χ3n) is 4.36. The molecule has 2 aromatic carbocycles. The number of nitrogens with one attached hydrogen (secondary N) is 2. The van der Waals surface area contributed by atoms with Gasteiger partial charge in [0.1, 0.15) is 12.4 Å². The zero-order chi connectivity index (χ0) is 23.1. The Hall–Kier alpha value is -3.08. The lowest BCUT2D eigenvalue weighted by molar-refractivity contribution is 0.0944. The van der Waals surface area contributed by atoms with Crippen molar-refractivity contribution in [1.82, 2.24) is 20.9 Å². The van der Waals surface area contributed by atoms with Crippen LogP contribution in [0.3, 0.4) is 0 Å². The Bertz CT molecular complexity index is 1080. The molecule has 0 aliphatic heterocycles. The van der Waals surface area contributed by atoms with Crippen LogP contribution in [0.15, 0.2) is 35.0 Å². The highest BCUT2D eigenvalue weighted by Crippen LogP contribution is 2.37. The second-order valence-corrected chi connectivity index (χ2v) is 7.34. The standard InChI is InChI=1S/C20H20Cl2FN5O4/c1-30-16-8-11(9-25-5-6-26-20(29)17-19(24)28-32-27-17)7-14(22)18(16)31-10-12-13(21)3-2-4-15(12)23/h2-4,7-8,25H,5-6,9-10H2,1H3,(H2,24,28)(H,26,29). The van der Waals surface area contributed by atoms with Crippen LogP contribution in [0.1, 0.15) is 21.6 Å². The predicted molar refractivity (Wildman–Crippen MR) is 116 cm³/mol. The van der Waals surface area contributed by atoms with Gasteiger partial charge in [-0.05, 0) is 40.1 Å². The molecule has 0 unspecified atom stereocenters. The topological polar surface area (TPSA) is 125 Å². The second-order valence-electron chi connectivity index (χ2n) is 6.53. The Kier molecular flexibility index (Phi) is 8.09. The number of hydrogen-bond acceptors (Lipinski definition) is 8. The van der Waals surface area contributed by atoms with Crippen LogP contribution < -0.4 is 25.8 Å². The third-order valence-corrected chi connectivity index (χ3v) is 4.99. The number of anilines is 1. The van der Waals surface area contributed by atoms with E-state index >= 15 is 0 Å². The summed E-state index contributed by atoms with van der Waals surface area (Å²) in [5.41, 5.74) is 6.45. The number of methoxy groups -OCH3 is 1. The van der Waals surface area contributed by atoms with E-state index in [1.807, 2.05) is 0 Å². The molecule has 32 heavy (non-hydrogen) atoms. The van der Waals surface area contributed by atoms with Gasteiger partial charge in [-0.25, -0.2) is 9.02 Å². The van der Waals surface area contributed by atoms with Gasteiger partial charge in [-0.1, -0.05) is 29.3 Å². The normalized spacial score (nSPS) is 10.8. The van der Waals surface area contributed by atoms with Gasteiger partial charge in [0.2, 0.25) is 11.5 Å². The van der Waals surface area contributed by atoms with Crippen molar-refractivity contribution in [3.63, 3.8) is 0 Å². The van der Waals surface area contributed by atoms with Gasteiger partial charge in [0.25, 0.3) is 5.91 Å². The van der Waals surface area contributed by atoms with Gasteiger partial charge >= 0.3 is 0 Å². The molecule has 9 nitrogen and oxygen atoms in total. The highest BCUT2D eigenvalue weighted by Gasteiger charge is 2.16. The summed E-state index contributed by atoms with van der Waals surface area (Å²) in [5, 5.41) is 13.1. The molecule has 3 rings (SSSR count). The van der Waals surface area contributed by atoms with Gasteiger partial charge in [0.05, 0.1) is 17.2 Å². The minimum atomic E-state index is -0.480. The summed E-state index contributed by atoms with van der Waals surface area (Å²) in [4.78, 5) is 11.9. The van der Waals surface area contributed by atoms with Crippen LogP contribution in [0.2, 0.25) is 10.0 Å². The van der Waals surface area contributed by atoms with E-state index in [2.05, 4.69) is 25.6 Å². The number of amides is 1. The van der Waals surface area contributed by atoms with Crippen molar-refractivity contribution >= 4 is 34.9 Å². The van der Waals surface area contributed by atoms with Crippen molar-refractivity contribution < 1.29 is 23.3 Å². The molecule has 0 fully saturated rings. The zero-order valence-corrected chi connectivity index (χ0v) is 18.5. The van der Waals surface area contributed by atoms with Crippen molar-refractivity contribution in [3.8, 4) is 11.5 Å². The summed E-state index contributed by atoms with van der Waals surface area (Å²) in [6, 6.07) is 7.85. The summed E-state index contributed by atoms with van der Waals surface area (Å²) in [7, 11) is 1.48. The van der Waals surface area contributed by atoms with E-state index in [0.717, 1.165) is 5.56 Å². The fraction of sp³-hybridized carbons (Fsp3) is 0.250. The smallest absolute Gasteiger partial charge is 0.277 e. The van der Waals surface area contributed by atoms with Gasteiger partial charge in [0.15, 0.2) is 11.5 Å². The average molecular weight is 484 g/mol. The van der Waals surface area contributed by atoms with Gasteiger partial charge in [-0.3, -0.25) is 4.79 Å². The average Bonchev–Trinajstić information content (AvgIpc) is 3.19. The molecule has 1 heterocycles. The summed E-state index contributed by atoms with van der Waals surface area (Å²) < 4.78 is 29.4. The van der Waals surface area contributed by atoms with E-state index in [-0.39, 0.29) is 34.5 Å². The monoisotopic (exact) mass is 483 g/mol. The number of rotatable bonds is 10. The Morgan fingerprint density at radius 1 is 1.22 bits per heavy atom. The maximum atomic E-state index is 14.0. The maximum Gasteiger partial charge on any atom is 0.277 e. The van der Waals surface area contributed by atoms with E-state index in [1.165, 1.54) is 19.2 Å². The Balaban J connectivity index is 1.54. The first-order chi connectivity index (χ1) is 15.4. The minimum absolute atomic E-state index is 0.0613. The van der Waals surface area contributed by atoms with Crippen LogP contribution in [0.5, 0.6) is 11.5 Å². The maximum absolute atomic E-state index is 14.0. The minimum Gasteiger partial charge on any atom is -0.493 e. The molecule has 0 radical (unpaired) electrons. The van der Waals surface area contributed by atoms with Gasteiger partial charge < -0.3 is 25.8 Å². The van der Waals surface area contributed by atoms with Gasteiger partial charge in [-0.15, -0.1) is 0 Å². The molecule has 170 valence electrons. The SMILES string of the molecule is COc1cc(CNCCNC(=O)c2nonc2N)cc(Cl)c1OCc1c(F)cccc1Cl. The lowest BCUT2D eigenvalue weighted by atomic mass is 10.2. The van der Waals surface area contributed by atoms with Crippen LogP contribution in [0, 0.1) is 5.82 Å². The first-order valence-electron chi connectivity index (χ1n) is 9.39. The van der Waals surface area contributed by atoms with Crippen LogP contribution in [0.25, 0.3) is 0 Å². The van der Waals surface area contributed by atoms with E-state index in [1.54, 1.807) is 18.2 Å². The molecule has 0 atom stereocenters. The van der Waals surface area contributed by atoms with Crippen LogP contribution in [0.4, 0.5) is 10.2 Å². The summed E-state index contributed by atoms with van der Waals surface area (Å²) in [6.45, 7) is 1.12. The number of nitrogens with two attached hydrogens (primary N) is 1. The number of halogens is 3. The third kappa shape index (κ3) is 5.78. The number of hydrogen-bond donors (Lipinski definition) is 3. The lowest BCUT2D eigenvalue weighted by Crippen LogP contribution is -2.32. The number of nitrogens with zero attached hydrogens (tertiary/aromatic N) is 2. The number of nitrogen functional groups attached to an aromatic ring is 1. The highest BCUT2D eigenvalue weighted by atomic mass is 35.5. The molecule has 12 heteroatoms. The van der Waals surface area contributed by atoms with Crippen molar-refractivity contribution in [2.75, 3.05) is 25.9 Å². The number of benzene rings is 2. The van der Waals surface area contributed by atoms with Crippen molar-refractivity contribution in [3.05, 3.63) is 63.0 Å². The molecule has 0 aliphatic carbocycles. The molecule has 1 amide bonds. The first kappa shape index (κ1) is 23.6. The Labute approximate surface area is 192 Å². The molecular weight excluding hydrogens is 464 g/mol. The summed E-state index contributed by atoms with van der Waals surface area (Å²) in [6.07, 6.45) is 0. The molecule has 0 bridgehead atoms. The highest BCUT2D eigenvalue weighted by molar-refractivity contribution is 6.32. The fourth-order valence-electron chi connectivity index (χ4n) is 2.76. The van der Waals surface area contributed by atoms with Gasteiger partial charge in [0, 0.05) is 25.2 Å². The fourth-order valence-corrected chi connectivity index (χ4v) is 3.27. The van der Waals surface area contributed by atoms with E-state index in [0.29, 0.717) is 30.4 Å². The number of carbonyl (C=O) groups excluding carboxylic acids is 1. The molecule has 4 N–H and O–H groups in total. The van der Waals surface area contributed by atoms with Crippen LogP contribution >= 0.6 is 23.2 Å². The second kappa shape index (κ2) is 11.0. The van der Waals surface area contributed by atoms with Crippen LogP contribution in [-0.4, -0.2) is 36.4 Å². The first-order valence-corrected chi connectivity index (χ1v) is 10.1. The quantitative estimate of drug-likeness (QED) is 0.375. The molecule has 3 aromatic rings. The lowest BCUT2D eigenvalue weighted by Gasteiger charge is -2.15. The zero-order valence-electron chi connectivity index (χ0n) is 17.0. The van der Waals surface area contributed by atoms with Crippen molar-refractivity contribution in [2.45, 2.75) is 13.2 Å². The molecular formula is C20H20Cl2FN5O4. The van der Waals surface area contributed by atoms with Gasteiger partial charge in [-0.2, -0.15) is 0 Å². The number of ether oxygens (including phenoxy) is 2. The van der Waals surface area contributed by atoms with E-state index in [9.17, 15) is 9.18 Å². The Morgan fingerprint density at radius 3 is 2.72 bits per heavy atom. The molecule has 0 spiro atoms. The molecule has 0 saturated carbocycles. The van der Waals surface area contributed by atoms with Crippen molar-refractivity contribution in [1.29, 1.82) is 0 Å². The molecule has 1 aromatic heterocycles. The molecule has 0 saturated heterocycles. The number of carbonyl (C=O) groups is 1. The van der Waals surface area contributed by atoms with E-state index < -0.39 is 11.7 Å². The molecule has 0 aliphatic rings. The summed E-state index contributed by atoms with van der Waals surface area (Å²) in [5.74, 6) is -0.348. The van der Waals surface area contributed by atoms with Crippen molar-refractivity contribution in [2.24, 2.45) is 0 Å².